The Morgan fingerprint density at radius 2 is 1.81 bits per heavy atom. The van der Waals surface area contributed by atoms with Crippen LogP contribution in [0.4, 0.5) is 0 Å². The number of hydrogen-bond donors (Lipinski definition) is 2. The lowest BCUT2D eigenvalue weighted by molar-refractivity contribution is 0.0913. The minimum Gasteiger partial charge on any atom is -0.343 e. The minimum absolute atomic E-state index is 0.0650. The molecular formula is C22H27N3O2. The highest BCUT2D eigenvalue weighted by molar-refractivity contribution is 5.92. The van der Waals surface area contributed by atoms with E-state index in [1.54, 1.807) is 0 Å². The monoisotopic (exact) mass is 365 g/mol. The van der Waals surface area contributed by atoms with Crippen LogP contribution in [0.2, 0.25) is 0 Å². The van der Waals surface area contributed by atoms with Gasteiger partial charge in [0.25, 0.3) is 11.5 Å². The topological polar surface area (TPSA) is 74.8 Å². The molecule has 2 aliphatic carbocycles. The highest BCUT2D eigenvalue weighted by Crippen LogP contribution is 2.54. The van der Waals surface area contributed by atoms with Gasteiger partial charge in [-0.3, -0.25) is 9.59 Å². The third-order valence-electron chi connectivity index (χ3n) is 5.90. The molecule has 0 saturated heterocycles. The van der Waals surface area contributed by atoms with E-state index in [1.165, 1.54) is 11.6 Å². The lowest BCUT2D eigenvalue weighted by Gasteiger charge is -2.26. The van der Waals surface area contributed by atoms with Crippen molar-refractivity contribution in [2.75, 3.05) is 0 Å². The van der Waals surface area contributed by atoms with Crippen LogP contribution in [0.15, 0.2) is 35.1 Å². The highest BCUT2D eigenvalue weighted by atomic mass is 16.2. The zero-order chi connectivity index (χ0) is 19.2. The second-order valence-corrected chi connectivity index (χ2v) is 8.67. The quantitative estimate of drug-likeness (QED) is 0.811. The fourth-order valence-corrected chi connectivity index (χ4v) is 3.57. The summed E-state index contributed by atoms with van der Waals surface area (Å²) in [6, 6.07) is 9.74. The number of amides is 1. The third-order valence-corrected chi connectivity index (χ3v) is 5.90. The summed E-state index contributed by atoms with van der Waals surface area (Å²) in [5.74, 6) is 1.15. The van der Waals surface area contributed by atoms with Crippen molar-refractivity contribution in [2.24, 2.45) is 5.41 Å². The van der Waals surface area contributed by atoms with Gasteiger partial charge in [-0.2, -0.15) is 0 Å². The van der Waals surface area contributed by atoms with Crippen molar-refractivity contribution < 1.29 is 4.79 Å². The van der Waals surface area contributed by atoms with Gasteiger partial charge in [-0.15, -0.1) is 0 Å². The summed E-state index contributed by atoms with van der Waals surface area (Å²) in [6.07, 6.45) is 4.22. The van der Waals surface area contributed by atoms with Gasteiger partial charge in [-0.25, -0.2) is 4.98 Å². The molecule has 2 fully saturated rings. The maximum atomic E-state index is 12.9. The molecule has 1 aromatic carbocycles. The molecule has 4 rings (SSSR count). The van der Waals surface area contributed by atoms with Crippen molar-refractivity contribution in [3.05, 3.63) is 63.3 Å². The molecule has 0 bridgehead atoms. The number of carbonyl (C=O) groups excluding carboxylic acids is 1. The van der Waals surface area contributed by atoms with Crippen LogP contribution in [0, 0.1) is 5.41 Å². The first kappa shape index (κ1) is 18.0. The van der Waals surface area contributed by atoms with Crippen LogP contribution < -0.4 is 10.9 Å². The van der Waals surface area contributed by atoms with E-state index in [0.29, 0.717) is 17.7 Å². The molecule has 2 N–H and O–H groups in total. The molecule has 142 valence electrons. The maximum Gasteiger partial charge on any atom is 0.270 e. The highest BCUT2D eigenvalue weighted by Gasteiger charge is 2.46. The first-order valence-electron chi connectivity index (χ1n) is 9.88. The van der Waals surface area contributed by atoms with Gasteiger partial charge in [0.2, 0.25) is 0 Å². The number of aromatic amines is 1. The number of carbonyl (C=O) groups is 1. The number of aromatic nitrogens is 2. The van der Waals surface area contributed by atoms with Crippen molar-refractivity contribution in [1.82, 2.24) is 15.3 Å². The average molecular weight is 365 g/mol. The second kappa shape index (κ2) is 6.63. The molecule has 5 nitrogen and oxygen atoms in total. The van der Waals surface area contributed by atoms with Crippen LogP contribution in [-0.4, -0.2) is 15.9 Å². The van der Waals surface area contributed by atoms with Gasteiger partial charge in [-0.05, 0) is 48.1 Å². The molecule has 0 radical (unpaired) electrons. The van der Waals surface area contributed by atoms with Gasteiger partial charge in [0, 0.05) is 12.0 Å². The molecule has 27 heavy (non-hydrogen) atoms. The molecule has 1 unspecified atom stereocenters. The van der Waals surface area contributed by atoms with Gasteiger partial charge < -0.3 is 10.3 Å². The van der Waals surface area contributed by atoms with E-state index in [0.717, 1.165) is 31.2 Å². The molecule has 2 aromatic rings. The number of H-pyrrole nitrogens is 1. The zero-order valence-corrected chi connectivity index (χ0v) is 16.2. The van der Waals surface area contributed by atoms with Gasteiger partial charge >= 0.3 is 0 Å². The maximum absolute atomic E-state index is 12.9. The Bertz CT molecular complexity index is 906. The SMILES string of the molecule is CC(C)c1ccc(C(NC(=O)c2cc(=O)[nH]c(C3CC3)n2)C2(C)CC2)cc1. The Balaban J connectivity index is 1.59. The second-order valence-electron chi connectivity index (χ2n) is 8.67. The largest absolute Gasteiger partial charge is 0.343 e. The number of rotatable bonds is 6. The summed E-state index contributed by atoms with van der Waals surface area (Å²) >= 11 is 0. The molecule has 1 atom stereocenters. The molecule has 0 aliphatic heterocycles. The Kier molecular flexibility index (Phi) is 4.41. The van der Waals surface area contributed by atoms with Gasteiger partial charge in [0.05, 0.1) is 6.04 Å². The van der Waals surface area contributed by atoms with E-state index in [-0.39, 0.29) is 28.6 Å². The summed E-state index contributed by atoms with van der Waals surface area (Å²) < 4.78 is 0. The molecule has 5 heteroatoms. The van der Waals surface area contributed by atoms with E-state index in [9.17, 15) is 9.59 Å². The fraction of sp³-hybridized carbons (Fsp3) is 0.500. The average Bonchev–Trinajstić information content (AvgIpc) is 3.55. The molecule has 1 heterocycles. The summed E-state index contributed by atoms with van der Waals surface area (Å²) in [6.45, 7) is 6.55. The van der Waals surface area contributed by atoms with E-state index < -0.39 is 0 Å². The summed E-state index contributed by atoms with van der Waals surface area (Å²) in [5.41, 5.74) is 2.42. The molecule has 1 aromatic heterocycles. The summed E-state index contributed by atoms with van der Waals surface area (Å²) in [7, 11) is 0. The molecule has 2 saturated carbocycles. The van der Waals surface area contributed by atoms with Crippen LogP contribution >= 0.6 is 0 Å². The smallest absolute Gasteiger partial charge is 0.270 e. The van der Waals surface area contributed by atoms with Crippen LogP contribution in [0.5, 0.6) is 0 Å². The summed E-state index contributed by atoms with van der Waals surface area (Å²) in [4.78, 5) is 32.0. The Labute approximate surface area is 159 Å². The number of hydrogen-bond acceptors (Lipinski definition) is 3. The number of nitrogens with one attached hydrogen (secondary N) is 2. The van der Waals surface area contributed by atoms with E-state index >= 15 is 0 Å². The molecule has 1 amide bonds. The van der Waals surface area contributed by atoms with Crippen molar-refractivity contribution in [3.63, 3.8) is 0 Å². The summed E-state index contributed by atoms with van der Waals surface area (Å²) in [5, 5.41) is 3.16. The van der Waals surface area contributed by atoms with Crippen LogP contribution in [0.25, 0.3) is 0 Å². The predicted octanol–water partition coefficient (Wildman–Crippen LogP) is 4.04. The standard InChI is InChI=1S/C22H27N3O2/c1-13(2)14-4-6-15(7-5-14)19(22(3)10-11-22)25-21(27)17-12-18(26)24-20(23-17)16-8-9-16/h4-7,12-13,16,19H,8-11H2,1-3H3,(H,25,27)(H,23,24,26). The van der Waals surface area contributed by atoms with Crippen molar-refractivity contribution in [3.8, 4) is 0 Å². The van der Waals surface area contributed by atoms with Crippen molar-refractivity contribution in [1.29, 1.82) is 0 Å². The molecule has 2 aliphatic rings. The van der Waals surface area contributed by atoms with E-state index in [2.05, 4.69) is 60.3 Å². The normalized spacial score (nSPS) is 19.0. The zero-order valence-electron chi connectivity index (χ0n) is 16.2. The Hall–Kier alpha value is -2.43. The van der Waals surface area contributed by atoms with E-state index in [4.69, 9.17) is 0 Å². The lowest BCUT2D eigenvalue weighted by atomic mass is 9.90. The van der Waals surface area contributed by atoms with Gasteiger partial charge in [-0.1, -0.05) is 45.0 Å². The third kappa shape index (κ3) is 3.82. The van der Waals surface area contributed by atoms with Crippen LogP contribution in [0.1, 0.15) is 91.8 Å². The van der Waals surface area contributed by atoms with Crippen LogP contribution in [0.3, 0.4) is 0 Å². The lowest BCUT2D eigenvalue weighted by Crippen LogP contribution is -2.35. The van der Waals surface area contributed by atoms with Crippen molar-refractivity contribution >= 4 is 5.91 Å². The van der Waals surface area contributed by atoms with E-state index in [1.807, 2.05) is 0 Å². The Morgan fingerprint density at radius 3 is 2.37 bits per heavy atom. The molecule has 0 spiro atoms. The number of benzene rings is 1. The predicted molar refractivity (Wildman–Crippen MR) is 105 cm³/mol. The first-order valence-corrected chi connectivity index (χ1v) is 9.88. The molecular weight excluding hydrogens is 338 g/mol. The van der Waals surface area contributed by atoms with Crippen LogP contribution in [-0.2, 0) is 0 Å². The first-order chi connectivity index (χ1) is 12.9. The Morgan fingerprint density at radius 1 is 1.19 bits per heavy atom. The van der Waals surface area contributed by atoms with Crippen molar-refractivity contribution in [2.45, 2.75) is 64.3 Å². The van der Waals surface area contributed by atoms with Gasteiger partial charge in [0.15, 0.2) is 0 Å². The van der Waals surface area contributed by atoms with Gasteiger partial charge in [0.1, 0.15) is 11.5 Å². The fourth-order valence-electron chi connectivity index (χ4n) is 3.57. The number of nitrogens with zero attached hydrogens (tertiary/aromatic N) is 1. The minimum atomic E-state index is -0.269.